The molecule has 76 heavy (non-hydrogen) atoms. The number of phosphoric acid groups is 1. The molecule has 0 radical (unpaired) electrons. The molecule has 0 aliphatic heterocycles. The van der Waals surface area contributed by atoms with Gasteiger partial charge in [-0.3, -0.25) is 18.6 Å². The molecule has 0 rings (SSSR count). The fourth-order valence-corrected chi connectivity index (χ4v) is 10.3. The maximum atomic E-state index is 12.9. The zero-order chi connectivity index (χ0) is 55.6. The van der Waals surface area contributed by atoms with Crippen molar-refractivity contribution in [1.29, 1.82) is 0 Å². The van der Waals surface area contributed by atoms with Gasteiger partial charge in [-0.15, -0.1) is 0 Å². The van der Waals surface area contributed by atoms with E-state index in [-0.39, 0.29) is 25.6 Å². The number of carbonyl (C=O) groups is 2. The molecule has 0 saturated heterocycles. The van der Waals surface area contributed by atoms with Gasteiger partial charge in [-0.25, -0.2) is 4.57 Å². The van der Waals surface area contributed by atoms with E-state index in [9.17, 15) is 19.0 Å². The summed E-state index contributed by atoms with van der Waals surface area (Å²) in [6, 6.07) is 0. The van der Waals surface area contributed by atoms with Crippen molar-refractivity contribution in [3.63, 3.8) is 0 Å². The second-order valence-corrected chi connectivity index (χ2v) is 25.0. The van der Waals surface area contributed by atoms with E-state index in [1.807, 2.05) is 21.1 Å². The van der Waals surface area contributed by atoms with Crippen LogP contribution in [0.3, 0.4) is 0 Å². The summed E-state index contributed by atoms with van der Waals surface area (Å²) in [7, 11) is 1.49. The third-order valence-electron chi connectivity index (χ3n) is 14.6. The third kappa shape index (κ3) is 61.4. The number of phosphoric ester groups is 1. The molecule has 2 unspecified atom stereocenters. The smallest absolute Gasteiger partial charge is 0.462 e. The molecule has 0 fully saturated rings. The van der Waals surface area contributed by atoms with Crippen LogP contribution in [-0.4, -0.2) is 74.9 Å². The maximum Gasteiger partial charge on any atom is 0.472 e. The first-order valence-electron chi connectivity index (χ1n) is 32.7. The van der Waals surface area contributed by atoms with E-state index in [2.05, 4.69) is 50.3 Å². The van der Waals surface area contributed by atoms with Crippen molar-refractivity contribution in [2.45, 2.75) is 328 Å². The van der Waals surface area contributed by atoms with Crippen LogP contribution in [0.2, 0.25) is 0 Å². The number of likely N-dealkylation sites (N-methyl/N-ethyl adjacent to an activating group) is 1. The lowest BCUT2D eigenvalue weighted by atomic mass is 10.0. The predicted molar refractivity (Wildman–Crippen MR) is 326 cm³/mol. The summed E-state index contributed by atoms with van der Waals surface area (Å²) in [6.07, 6.45) is 72.3. The minimum atomic E-state index is -4.39. The number of hydrogen-bond acceptors (Lipinski definition) is 7. The van der Waals surface area contributed by atoms with E-state index in [0.717, 1.165) is 38.5 Å². The molecular formula is C66H127NO8P+. The zero-order valence-electron chi connectivity index (χ0n) is 51.0. The van der Waals surface area contributed by atoms with Gasteiger partial charge >= 0.3 is 19.8 Å². The van der Waals surface area contributed by atoms with E-state index in [1.165, 1.54) is 250 Å². The Morgan fingerprint density at radius 2 is 0.711 bits per heavy atom. The largest absolute Gasteiger partial charge is 0.472 e. The molecule has 2 atom stereocenters. The van der Waals surface area contributed by atoms with E-state index < -0.39 is 26.5 Å². The van der Waals surface area contributed by atoms with Crippen LogP contribution in [0.1, 0.15) is 322 Å². The van der Waals surface area contributed by atoms with Crippen molar-refractivity contribution in [2.75, 3.05) is 47.5 Å². The van der Waals surface area contributed by atoms with Crippen LogP contribution in [0.15, 0.2) is 36.5 Å². The monoisotopic (exact) mass is 1090 g/mol. The summed E-state index contributed by atoms with van der Waals surface area (Å²) in [5.74, 6) is -0.781. The number of allylic oxidation sites excluding steroid dienone is 6. The summed E-state index contributed by atoms with van der Waals surface area (Å²) in [5.41, 5.74) is 0. The lowest BCUT2D eigenvalue weighted by Gasteiger charge is -2.24. The van der Waals surface area contributed by atoms with Gasteiger partial charge in [-0.1, -0.05) is 275 Å². The van der Waals surface area contributed by atoms with Crippen molar-refractivity contribution in [3.05, 3.63) is 36.5 Å². The Morgan fingerprint density at radius 3 is 1.05 bits per heavy atom. The van der Waals surface area contributed by atoms with Gasteiger partial charge < -0.3 is 18.9 Å². The molecule has 0 aromatic heterocycles. The second-order valence-electron chi connectivity index (χ2n) is 23.5. The van der Waals surface area contributed by atoms with Crippen LogP contribution < -0.4 is 0 Å². The lowest BCUT2D eigenvalue weighted by Crippen LogP contribution is -2.37. The normalized spacial score (nSPS) is 13.4. The SMILES string of the molecule is CCCCCCC/C=C\C/C=C\CCCCCCCCCCCCCCCCCCCC(=O)OC(COC(=O)CCCCCCCCCCCCC/C=C\CCCCCCCCCC)COP(=O)(O)OCC[N+](C)(C)C. The fourth-order valence-electron chi connectivity index (χ4n) is 9.57. The molecule has 0 aliphatic carbocycles. The van der Waals surface area contributed by atoms with Crippen molar-refractivity contribution in [2.24, 2.45) is 0 Å². The quantitative estimate of drug-likeness (QED) is 0.0211. The van der Waals surface area contributed by atoms with Gasteiger partial charge in [0.05, 0.1) is 27.7 Å². The van der Waals surface area contributed by atoms with Crippen LogP contribution in [-0.2, 0) is 32.7 Å². The average Bonchev–Trinajstić information content (AvgIpc) is 3.38. The number of unbranched alkanes of at least 4 members (excludes halogenated alkanes) is 41. The fraction of sp³-hybridized carbons (Fsp3) is 0.879. The van der Waals surface area contributed by atoms with Crippen LogP contribution in [0, 0.1) is 0 Å². The first kappa shape index (κ1) is 74.2. The standard InChI is InChI=1S/C66H126NO8P/c1-6-8-10-12-14-16-18-20-22-24-26-28-30-31-32-33-34-35-37-39-41-43-45-47-49-51-53-55-57-59-66(69)75-64(63-74-76(70,71)73-61-60-67(3,4)5)62-72-65(68)58-56-54-52-50-48-46-44-42-40-38-36-29-27-25-23-21-19-17-15-13-11-9-7-2/h18,20,24-27,64H,6-17,19,21-23,28-63H2,1-5H3/p+1/b20-18-,26-24-,27-25-. The molecule has 10 heteroatoms. The highest BCUT2D eigenvalue weighted by molar-refractivity contribution is 7.47. The Bertz CT molecular complexity index is 1380. The minimum absolute atomic E-state index is 0.0336. The molecule has 0 saturated carbocycles. The van der Waals surface area contributed by atoms with E-state index >= 15 is 0 Å². The number of ether oxygens (including phenoxy) is 2. The summed E-state index contributed by atoms with van der Waals surface area (Å²) in [6.45, 7) is 4.48. The summed E-state index contributed by atoms with van der Waals surface area (Å²) in [4.78, 5) is 35.8. The van der Waals surface area contributed by atoms with Crippen molar-refractivity contribution < 1.29 is 42.1 Å². The van der Waals surface area contributed by atoms with Gasteiger partial charge in [-0.2, -0.15) is 0 Å². The maximum absolute atomic E-state index is 12.9. The van der Waals surface area contributed by atoms with Crippen LogP contribution in [0.5, 0.6) is 0 Å². The molecule has 0 amide bonds. The summed E-state index contributed by atoms with van der Waals surface area (Å²) < 4.78 is 34.7. The number of hydrogen-bond donors (Lipinski definition) is 1. The van der Waals surface area contributed by atoms with Crippen molar-refractivity contribution >= 4 is 19.8 Å². The number of quaternary nitrogens is 1. The first-order chi connectivity index (χ1) is 37.0. The zero-order valence-corrected chi connectivity index (χ0v) is 51.9. The van der Waals surface area contributed by atoms with E-state index in [0.29, 0.717) is 23.9 Å². The minimum Gasteiger partial charge on any atom is -0.462 e. The van der Waals surface area contributed by atoms with Crippen LogP contribution in [0.4, 0.5) is 0 Å². The molecule has 0 bridgehead atoms. The molecule has 1 N–H and O–H groups in total. The Labute approximate surface area is 471 Å². The number of rotatable bonds is 61. The van der Waals surface area contributed by atoms with Crippen LogP contribution in [0.25, 0.3) is 0 Å². The van der Waals surface area contributed by atoms with Gasteiger partial charge in [0.25, 0.3) is 0 Å². The predicted octanol–water partition coefficient (Wildman–Crippen LogP) is 20.7. The summed E-state index contributed by atoms with van der Waals surface area (Å²) >= 11 is 0. The van der Waals surface area contributed by atoms with Gasteiger partial charge in [0.1, 0.15) is 19.8 Å². The van der Waals surface area contributed by atoms with Crippen molar-refractivity contribution in [3.8, 4) is 0 Å². The van der Waals surface area contributed by atoms with E-state index in [1.54, 1.807) is 0 Å². The molecular weight excluding hydrogens is 966 g/mol. The third-order valence-corrected chi connectivity index (χ3v) is 15.6. The highest BCUT2D eigenvalue weighted by Gasteiger charge is 2.27. The Kier molecular flexibility index (Phi) is 56.6. The molecule has 0 aromatic rings. The number of nitrogens with zero attached hydrogens (tertiary/aromatic N) is 1. The van der Waals surface area contributed by atoms with Crippen molar-refractivity contribution in [1.82, 2.24) is 0 Å². The average molecular weight is 1090 g/mol. The summed E-state index contributed by atoms with van der Waals surface area (Å²) in [5, 5.41) is 0. The Hall–Kier alpha value is -1.77. The Balaban J connectivity index is 4.05. The van der Waals surface area contributed by atoms with Crippen LogP contribution >= 0.6 is 7.82 Å². The Morgan fingerprint density at radius 1 is 0.408 bits per heavy atom. The first-order valence-corrected chi connectivity index (χ1v) is 34.2. The second kappa shape index (κ2) is 57.9. The van der Waals surface area contributed by atoms with Gasteiger partial charge in [0.15, 0.2) is 6.10 Å². The molecule has 0 aromatic carbocycles. The number of carbonyl (C=O) groups excluding carboxylic acids is 2. The number of esters is 2. The molecule has 0 heterocycles. The van der Waals surface area contributed by atoms with Gasteiger partial charge in [0.2, 0.25) is 0 Å². The highest BCUT2D eigenvalue weighted by atomic mass is 31.2. The molecule has 9 nitrogen and oxygen atoms in total. The molecule has 0 aliphatic rings. The molecule has 448 valence electrons. The molecule has 0 spiro atoms. The van der Waals surface area contributed by atoms with Gasteiger partial charge in [0, 0.05) is 12.8 Å². The highest BCUT2D eigenvalue weighted by Crippen LogP contribution is 2.43. The van der Waals surface area contributed by atoms with E-state index in [4.69, 9.17) is 18.5 Å². The van der Waals surface area contributed by atoms with Gasteiger partial charge in [-0.05, 0) is 70.6 Å². The lowest BCUT2D eigenvalue weighted by molar-refractivity contribution is -0.870. The topological polar surface area (TPSA) is 108 Å².